The smallest absolute Gasteiger partial charge is 0.0599 e. The van der Waals surface area contributed by atoms with E-state index in [1.807, 2.05) is 12.4 Å². The highest BCUT2D eigenvalue weighted by Crippen LogP contribution is 2.25. The zero-order valence-corrected chi connectivity index (χ0v) is 13.6. The van der Waals surface area contributed by atoms with Gasteiger partial charge in [-0.25, -0.2) is 0 Å². The number of nitrogens with zero attached hydrogens (tertiary/aromatic N) is 3. The van der Waals surface area contributed by atoms with Crippen molar-refractivity contribution in [2.45, 2.75) is 51.7 Å². The molecule has 2 aliphatic rings. The monoisotopic (exact) mass is 288 g/mol. The third kappa shape index (κ3) is 3.74. The Labute approximate surface area is 128 Å². The number of pyridine rings is 1. The third-order valence-corrected chi connectivity index (χ3v) is 4.62. The number of nitrogens with one attached hydrogen (secondary N) is 1. The SMILES string of the molecule is CC(C)(C)N1CCN(c2cnccc2CNC2CC2)CC1. The first-order chi connectivity index (χ1) is 10.0. The van der Waals surface area contributed by atoms with Crippen LogP contribution in [0.25, 0.3) is 0 Å². The van der Waals surface area contributed by atoms with Gasteiger partial charge in [0.15, 0.2) is 0 Å². The molecule has 1 N–H and O–H groups in total. The Kier molecular flexibility index (Phi) is 4.18. The second kappa shape index (κ2) is 5.93. The van der Waals surface area contributed by atoms with Gasteiger partial charge in [0.1, 0.15) is 0 Å². The van der Waals surface area contributed by atoms with E-state index in [1.54, 1.807) is 0 Å². The minimum Gasteiger partial charge on any atom is -0.367 e. The molecule has 3 rings (SSSR count). The van der Waals surface area contributed by atoms with Crippen molar-refractivity contribution in [2.24, 2.45) is 0 Å². The van der Waals surface area contributed by atoms with E-state index in [-0.39, 0.29) is 5.54 Å². The number of anilines is 1. The van der Waals surface area contributed by atoms with Gasteiger partial charge in [-0.1, -0.05) is 0 Å². The first kappa shape index (κ1) is 14.8. The summed E-state index contributed by atoms with van der Waals surface area (Å²) >= 11 is 0. The van der Waals surface area contributed by atoms with Gasteiger partial charge in [-0.15, -0.1) is 0 Å². The zero-order chi connectivity index (χ0) is 14.9. The fourth-order valence-corrected chi connectivity index (χ4v) is 3.01. The first-order valence-corrected chi connectivity index (χ1v) is 8.20. The molecule has 1 aliphatic heterocycles. The predicted octanol–water partition coefficient (Wildman–Crippen LogP) is 2.25. The Morgan fingerprint density at radius 3 is 2.52 bits per heavy atom. The van der Waals surface area contributed by atoms with Crippen molar-refractivity contribution in [3.63, 3.8) is 0 Å². The molecule has 2 fully saturated rings. The van der Waals surface area contributed by atoms with E-state index in [1.165, 1.54) is 24.1 Å². The van der Waals surface area contributed by atoms with Gasteiger partial charge < -0.3 is 10.2 Å². The lowest BCUT2D eigenvalue weighted by Gasteiger charge is -2.43. The lowest BCUT2D eigenvalue weighted by molar-refractivity contribution is 0.128. The van der Waals surface area contributed by atoms with Crippen molar-refractivity contribution >= 4 is 5.69 Å². The number of aromatic nitrogens is 1. The predicted molar refractivity (Wildman–Crippen MR) is 87.6 cm³/mol. The molecule has 0 atom stereocenters. The average molecular weight is 288 g/mol. The summed E-state index contributed by atoms with van der Waals surface area (Å²) in [5.74, 6) is 0. The van der Waals surface area contributed by atoms with Crippen LogP contribution in [0.5, 0.6) is 0 Å². The number of rotatable bonds is 4. The largest absolute Gasteiger partial charge is 0.367 e. The van der Waals surface area contributed by atoms with Gasteiger partial charge >= 0.3 is 0 Å². The molecule has 1 saturated heterocycles. The Hall–Kier alpha value is -1.13. The molecule has 21 heavy (non-hydrogen) atoms. The zero-order valence-electron chi connectivity index (χ0n) is 13.6. The van der Waals surface area contributed by atoms with Gasteiger partial charge in [0.05, 0.1) is 11.9 Å². The molecule has 0 amide bonds. The molecule has 0 bridgehead atoms. The molecular formula is C17H28N4. The van der Waals surface area contributed by atoms with Crippen LogP contribution in [0.1, 0.15) is 39.2 Å². The molecule has 0 radical (unpaired) electrons. The van der Waals surface area contributed by atoms with Crippen molar-refractivity contribution in [1.29, 1.82) is 0 Å². The maximum atomic E-state index is 4.35. The normalized spacial score (nSPS) is 20.8. The average Bonchev–Trinajstić information content (AvgIpc) is 3.29. The second-order valence-corrected chi connectivity index (χ2v) is 7.30. The van der Waals surface area contributed by atoms with Gasteiger partial charge in [-0.3, -0.25) is 9.88 Å². The molecule has 1 saturated carbocycles. The standard InChI is InChI=1S/C17H28N4/c1-17(2,3)21-10-8-20(9-11-21)16-13-18-7-6-14(16)12-19-15-4-5-15/h6-7,13,15,19H,4-5,8-12H2,1-3H3. The molecular weight excluding hydrogens is 260 g/mol. The fourth-order valence-electron chi connectivity index (χ4n) is 3.01. The van der Waals surface area contributed by atoms with Crippen molar-refractivity contribution < 1.29 is 0 Å². The van der Waals surface area contributed by atoms with Gasteiger partial charge in [0.2, 0.25) is 0 Å². The van der Waals surface area contributed by atoms with Crippen LogP contribution in [0.4, 0.5) is 5.69 Å². The molecule has 0 aromatic carbocycles. The number of piperazine rings is 1. The molecule has 1 aromatic rings. The Bertz CT molecular complexity index is 468. The number of hydrogen-bond acceptors (Lipinski definition) is 4. The molecule has 1 aromatic heterocycles. The molecule has 4 nitrogen and oxygen atoms in total. The first-order valence-electron chi connectivity index (χ1n) is 8.20. The van der Waals surface area contributed by atoms with Crippen LogP contribution in [0.3, 0.4) is 0 Å². The molecule has 116 valence electrons. The van der Waals surface area contributed by atoms with Gasteiger partial charge in [-0.2, -0.15) is 0 Å². The lowest BCUT2D eigenvalue weighted by Crippen LogP contribution is -2.53. The molecule has 1 aliphatic carbocycles. The summed E-state index contributed by atoms with van der Waals surface area (Å²) in [5.41, 5.74) is 2.98. The highest BCUT2D eigenvalue weighted by atomic mass is 15.3. The van der Waals surface area contributed by atoms with Crippen LogP contribution < -0.4 is 10.2 Å². The summed E-state index contributed by atoms with van der Waals surface area (Å²) in [6.45, 7) is 12.3. The summed E-state index contributed by atoms with van der Waals surface area (Å²) < 4.78 is 0. The number of hydrogen-bond donors (Lipinski definition) is 1. The van der Waals surface area contributed by atoms with E-state index in [2.05, 4.69) is 46.9 Å². The fraction of sp³-hybridized carbons (Fsp3) is 0.706. The van der Waals surface area contributed by atoms with Gasteiger partial charge in [-0.05, 0) is 45.2 Å². The minimum atomic E-state index is 0.275. The lowest BCUT2D eigenvalue weighted by atomic mass is 10.0. The van der Waals surface area contributed by atoms with Crippen LogP contribution in [-0.2, 0) is 6.54 Å². The minimum absolute atomic E-state index is 0.275. The van der Waals surface area contributed by atoms with E-state index >= 15 is 0 Å². The summed E-state index contributed by atoms with van der Waals surface area (Å²) in [4.78, 5) is 9.42. The van der Waals surface area contributed by atoms with E-state index in [0.717, 1.165) is 38.8 Å². The topological polar surface area (TPSA) is 31.4 Å². The Balaban J connectivity index is 1.64. The summed E-state index contributed by atoms with van der Waals surface area (Å²) in [6.07, 6.45) is 6.63. The summed E-state index contributed by atoms with van der Waals surface area (Å²) in [6, 6.07) is 2.92. The third-order valence-electron chi connectivity index (χ3n) is 4.62. The Morgan fingerprint density at radius 1 is 1.19 bits per heavy atom. The highest BCUT2D eigenvalue weighted by molar-refractivity contribution is 5.52. The quantitative estimate of drug-likeness (QED) is 0.921. The summed E-state index contributed by atoms with van der Waals surface area (Å²) in [7, 11) is 0. The maximum absolute atomic E-state index is 4.35. The van der Waals surface area contributed by atoms with E-state index in [9.17, 15) is 0 Å². The van der Waals surface area contributed by atoms with Crippen molar-refractivity contribution in [1.82, 2.24) is 15.2 Å². The van der Waals surface area contributed by atoms with Crippen LogP contribution in [-0.4, -0.2) is 47.6 Å². The molecule has 0 unspecified atom stereocenters. The van der Waals surface area contributed by atoms with Crippen LogP contribution in [0, 0.1) is 0 Å². The van der Waals surface area contributed by atoms with Crippen molar-refractivity contribution in [3.8, 4) is 0 Å². The summed E-state index contributed by atoms with van der Waals surface area (Å²) in [5, 5.41) is 3.62. The maximum Gasteiger partial charge on any atom is 0.0599 e. The van der Waals surface area contributed by atoms with E-state index < -0.39 is 0 Å². The van der Waals surface area contributed by atoms with Gasteiger partial charge in [0.25, 0.3) is 0 Å². The van der Waals surface area contributed by atoms with Crippen LogP contribution in [0.2, 0.25) is 0 Å². The molecule has 2 heterocycles. The van der Waals surface area contributed by atoms with Crippen molar-refractivity contribution in [3.05, 3.63) is 24.0 Å². The van der Waals surface area contributed by atoms with Crippen LogP contribution >= 0.6 is 0 Å². The Morgan fingerprint density at radius 2 is 1.90 bits per heavy atom. The highest BCUT2D eigenvalue weighted by Gasteiger charge is 2.27. The van der Waals surface area contributed by atoms with Crippen LogP contribution in [0.15, 0.2) is 18.5 Å². The second-order valence-electron chi connectivity index (χ2n) is 7.30. The van der Waals surface area contributed by atoms with Crippen molar-refractivity contribution in [2.75, 3.05) is 31.1 Å². The van der Waals surface area contributed by atoms with E-state index in [0.29, 0.717) is 0 Å². The van der Waals surface area contributed by atoms with Gasteiger partial charge in [0, 0.05) is 50.5 Å². The molecule has 4 heteroatoms. The van der Waals surface area contributed by atoms with E-state index in [4.69, 9.17) is 0 Å². The molecule has 0 spiro atoms.